The van der Waals surface area contributed by atoms with Gasteiger partial charge in [0.25, 0.3) is 11.8 Å². The van der Waals surface area contributed by atoms with Crippen molar-refractivity contribution in [2.45, 2.75) is 75.9 Å². The average Bonchev–Trinajstić information content (AvgIpc) is 3.35. The maximum Gasteiger partial charge on any atom is 0.328 e. The second kappa shape index (κ2) is 20.3. The second-order valence-electron chi connectivity index (χ2n) is 18.4. The molecule has 14 heteroatoms. The Morgan fingerprint density at radius 2 is 1.42 bits per heavy atom. The quantitative estimate of drug-likeness (QED) is 0.120. The summed E-state index contributed by atoms with van der Waals surface area (Å²) in [5.41, 5.74) is 17.6. The van der Waals surface area contributed by atoms with Gasteiger partial charge >= 0.3 is 6.03 Å². The van der Waals surface area contributed by atoms with Crippen molar-refractivity contribution in [1.82, 2.24) is 25.3 Å². The van der Waals surface area contributed by atoms with Crippen LogP contribution >= 0.6 is 0 Å². The summed E-state index contributed by atoms with van der Waals surface area (Å²) in [5.74, 6) is 1.90. The highest BCUT2D eigenvalue weighted by atomic mass is 16.5. The van der Waals surface area contributed by atoms with Crippen molar-refractivity contribution in [2.24, 2.45) is 22.4 Å². The number of primary amides is 1. The Morgan fingerprint density at radius 3 is 2.12 bits per heavy atom. The van der Waals surface area contributed by atoms with Gasteiger partial charge < -0.3 is 26.4 Å². The lowest BCUT2D eigenvalue weighted by atomic mass is 9.79. The van der Waals surface area contributed by atoms with E-state index in [1.54, 1.807) is 24.3 Å². The lowest BCUT2D eigenvalue weighted by Gasteiger charge is -2.43. The number of nitrogens with zero attached hydrogens (tertiary/aromatic N) is 5. The second-order valence-corrected chi connectivity index (χ2v) is 18.4. The molecule has 1 atom stereocenters. The fraction of sp³-hybridized carbons (Fsp3) is 0.404. The topological polar surface area (TPSA) is 179 Å². The zero-order chi connectivity index (χ0) is 45.6. The van der Waals surface area contributed by atoms with Crippen molar-refractivity contribution >= 4 is 41.0 Å². The van der Waals surface area contributed by atoms with Crippen molar-refractivity contribution < 1.29 is 23.9 Å². The van der Waals surface area contributed by atoms with Crippen molar-refractivity contribution in [3.63, 3.8) is 0 Å². The van der Waals surface area contributed by atoms with Crippen LogP contribution in [0.25, 0.3) is 5.70 Å². The van der Waals surface area contributed by atoms with Gasteiger partial charge in [0.1, 0.15) is 22.9 Å². The molecular formula is C52H61N9O5. The van der Waals surface area contributed by atoms with E-state index in [2.05, 4.69) is 44.7 Å². The number of ether oxygens (including phenoxy) is 1. The van der Waals surface area contributed by atoms with E-state index in [4.69, 9.17) is 21.2 Å². The van der Waals surface area contributed by atoms with Crippen molar-refractivity contribution in [3.05, 3.63) is 131 Å². The van der Waals surface area contributed by atoms with Crippen LogP contribution in [0.4, 0.5) is 10.5 Å². The van der Waals surface area contributed by atoms with E-state index in [0.717, 1.165) is 83.4 Å². The predicted octanol–water partition coefficient (Wildman–Crippen LogP) is 6.24. The van der Waals surface area contributed by atoms with Gasteiger partial charge in [-0.3, -0.25) is 39.4 Å². The third-order valence-corrected chi connectivity index (χ3v) is 14.3. The molecule has 4 heterocycles. The monoisotopic (exact) mass is 891 g/mol. The Balaban J connectivity index is 0.703. The molecule has 4 aromatic carbocycles. The molecule has 0 bridgehead atoms. The van der Waals surface area contributed by atoms with Crippen LogP contribution in [0.15, 0.2) is 114 Å². The van der Waals surface area contributed by atoms with Crippen LogP contribution in [0.3, 0.4) is 0 Å². The summed E-state index contributed by atoms with van der Waals surface area (Å²) < 4.78 is 5.93. The number of nitrogens with two attached hydrogens (primary N) is 2. The summed E-state index contributed by atoms with van der Waals surface area (Å²) >= 11 is 0. The molecule has 0 radical (unpaired) electrons. The van der Waals surface area contributed by atoms with Crippen molar-refractivity contribution in [3.8, 4) is 11.5 Å². The van der Waals surface area contributed by atoms with E-state index in [-0.39, 0.29) is 29.9 Å². The SMILES string of the molecule is NC(=O)C(C1=NCC[C@@H](C2CCC(N3CCN(Cc4ccc(C5CCN(C(=O)c6cccc(N7CCC(=O)NC7=O)c6)CC5)cc4)CC3)CC2)N1)=C(N)c1ccc(Oc2ccccc2)cc1. The Kier molecular flexibility index (Phi) is 13.8. The number of hydrogen-bond donors (Lipinski definition) is 4. The van der Waals surface area contributed by atoms with Crippen LogP contribution in [0.1, 0.15) is 84.3 Å². The summed E-state index contributed by atoms with van der Waals surface area (Å²) in [6.45, 7) is 7.50. The smallest absolute Gasteiger partial charge is 0.328 e. The number of imide groups is 1. The number of piperazine rings is 1. The first-order valence-electron chi connectivity index (χ1n) is 23.7. The van der Waals surface area contributed by atoms with Crippen LogP contribution in [0.2, 0.25) is 0 Å². The summed E-state index contributed by atoms with van der Waals surface area (Å²) in [5, 5.41) is 5.95. The Bertz CT molecular complexity index is 2430. The van der Waals surface area contributed by atoms with E-state index < -0.39 is 11.9 Å². The molecule has 5 amide bonds. The van der Waals surface area contributed by atoms with Crippen molar-refractivity contribution in [1.29, 1.82) is 0 Å². The molecule has 4 fully saturated rings. The molecule has 3 saturated heterocycles. The molecule has 0 unspecified atom stereocenters. The van der Waals surface area contributed by atoms with Gasteiger partial charge in [0.2, 0.25) is 5.91 Å². The Hall–Kier alpha value is -6.51. The number of amides is 5. The Labute approximate surface area is 387 Å². The summed E-state index contributed by atoms with van der Waals surface area (Å²) in [7, 11) is 0. The van der Waals surface area contributed by atoms with E-state index in [9.17, 15) is 19.2 Å². The number of para-hydroxylation sites is 1. The molecule has 14 nitrogen and oxygen atoms in total. The fourth-order valence-corrected chi connectivity index (χ4v) is 10.5. The first kappa shape index (κ1) is 44.7. The van der Waals surface area contributed by atoms with Crippen molar-refractivity contribution in [2.75, 3.05) is 57.3 Å². The first-order chi connectivity index (χ1) is 32.1. The van der Waals surface area contributed by atoms with Crippen LogP contribution in [-0.2, 0) is 16.1 Å². The number of likely N-dealkylation sites (tertiary alicyclic amines) is 1. The lowest BCUT2D eigenvalue weighted by molar-refractivity contribution is -0.120. The molecule has 5 aliphatic rings. The number of amidine groups is 1. The minimum absolute atomic E-state index is 0.0282. The van der Waals surface area contributed by atoms with Crippen LogP contribution in [0, 0.1) is 5.92 Å². The zero-order valence-corrected chi connectivity index (χ0v) is 37.6. The third-order valence-electron chi connectivity index (χ3n) is 14.3. The number of carbonyl (C=O) groups is 4. The van der Waals surface area contributed by atoms with Crippen LogP contribution < -0.4 is 31.7 Å². The van der Waals surface area contributed by atoms with Gasteiger partial charge in [-0.15, -0.1) is 0 Å². The maximum absolute atomic E-state index is 13.5. The van der Waals surface area contributed by atoms with Gasteiger partial charge in [-0.1, -0.05) is 48.5 Å². The van der Waals surface area contributed by atoms with E-state index in [1.165, 1.54) is 16.0 Å². The number of aliphatic imine (C=N–C) groups is 1. The Morgan fingerprint density at radius 1 is 0.712 bits per heavy atom. The fourth-order valence-electron chi connectivity index (χ4n) is 10.5. The zero-order valence-electron chi connectivity index (χ0n) is 37.6. The first-order valence-corrected chi connectivity index (χ1v) is 23.7. The van der Waals surface area contributed by atoms with Gasteiger partial charge in [-0.25, -0.2) is 4.79 Å². The van der Waals surface area contributed by atoms with E-state index in [1.807, 2.05) is 59.5 Å². The number of urea groups is 1. The largest absolute Gasteiger partial charge is 0.457 e. The number of piperidine rings is 1. The number of nitrogens with one attached hydrogen (secondary N) is 2. The number of hydrogen-bond acceptors (Lipinski definition) is 10. The van der Waals surface area contributed by atoms with Crippen LogP contribution in [-0.4, -0.2) is 109 Å². The van der Waals surface area contributed by atoms with Gasteiger partial charge in [-0.05, 0) is 128 Å². The minimum atomic E-state index is -0.596. The van der Waals surface area contributed by atoms with Gasteiger partial charge in [0, 0.05) is 88.7 Å². The number of carbonyl (C=O) groups excluding carboxylic acids is 4. The summed E-state index contributed by atoms with van der Waals surface area (Å²) in [4.78, 5) is 63.7. The normalized spacial score (nSPS) is 22.7. The molecule has 344 valence electrons. The number of benzene rings is 4. The molecular weight excluding hydrogens is 831 g/mol. The standard InChI is InChI=1S/C52H61N9O5/c53-48(39-15-19-44(20-16-39)66-43-7-2-1-3-8-43)47(49(54)63)50-55-25-21-45(56-50)38-13-17-41(18-14-38)59-31-29-58(30-32-59)34-35-9-11-36(12-10-35)37-22-26-60(27-23-37)51(64)40-5-4-6-42(33-40)61-28-24-46(62)57-52(61)65/h1-12,15-16,19-20,33,37-38,41,45H,13-14,17-18,21-32,34,53H2,(H2,54,63)(H,55,56)(H,57,62,65)/t38?,41?,45-/m0/s1. The number of anilines is 1. The highest BCUT2D eigenvalue weighted by Crippen LogP contribution is 2.34. The molecule has 1 aliphatic carbocycles. The van der Waals surface area contributed by atoms with Crippen LogP contribution in [0.5, 0.6) is 11.5 Å². The van der Waals surface area contributed by atoms with Gasteiger partial charge in [-0.2, -0.15) is 0 Å². The third kappa shape index (κ3) is 10.5. The highest BCUT2D eigenvalue weighted by Gasteiger charge is 2.35. The lowest BCUT2D eigenvalue weighted by Crippen LogP contribution is -2.52. The average molecular weight is 892 g/mol. The minimum Gasteiger partial charge on any atom is -0.457 e. The molecule has 4 aliphatic heterocycles. The van der Waals surface area contributed by atoms with E-state index in [0.29, 0.717) is 78.2 Å². The molecule has 4 aromatic rings. The molecule has 6 N–H and O–H groups in total. The van der Waals surface area contributed by atoms with Gasteiger partial charge in [0.15, 0.2) is 0 Å². The summed E-state index contributed by atoms with van der Waals surface area (Å²) in [6.07, 6.45) is 7.56. The predicted molar refractivity (Wildman–Crippen MR) is 256 cm³/mol. The molecule has 0 spiro atoms. The maximum atomic E-state index is 13.5. The highest BCUT2D eigenvalue weighted by molar-refractivity contribution is 6.25. The van der Waals surface area contributed by atoms with Gasteiger partial charge in [0.05, 0.1) is 5.70 Å². The number of rotatable bonds is 12. The summed E-state index contributed by atoms with van der Waals surface area (Å²) in [6, 6.07) is 33.5. The molecule has 1 saturated carbocycles. The van der Waals surface area contributed by atoms with E-state index >= 15 is 0 Å². The molecule has 66 heavy (non-hydrogen) atoms. The molecule has 9 rings (SSSR count). The molecule has 0 aromatic heterocycles.